The molecule has 0 spiro atoms. The highest BCUT2D eigenvalue weighted by atomic mass is 32.2. The Morgan fingerprint density at radius 3 is 2.33 bits per heavy atom. The molecule has 1 aliphatic rings. The quantitative estimate of drug-likeness (QED) is 0.674. The van der Waals surface area contributed by atoms with Crippen LogP contribution in [-0.4, -0.2) is 43.5 Å². The Kier molecular flexibility index (Phi) is 3.79. The predicted octanol–water partition coefficient (Wildman–Crippen LogP) is -1.26. The Morgan fingerprint density at radius 2 is 1.81 bits per heavy atom. The van der Waals surface area contributed by atoms with Crippen LogP contribution in [0.4, 0.5) is 0 Å². The fourth-order valence-corrected chi connectivity index (χ4v) is 3.34. The standard InChI is InChI=1S/C12H13N3O5S/c1-7-2-3-8(4-9(7)12(13)18)21(19,20)15-5-10(16)14-11(17)6-15/h2-4H,5-6H2,1H3,(H2,13,18)(H,14,16,17). The first-order chi connectivity index (χ1) is 9.71. The molecule has 0 radical (unpaired) electrons. The lowest BCUT2D eigenvalue weighted by Crippen LogP contribution is -2.53. The molecule has 1 saturated heterocycles. The molecule has 0 aliphatic carbocycles. The number of imide groups is 1. The molecule has 9 heteroatoms. The van der Waals surface area contributed by atoms with Gasteiger partial charge in [-0.2, -0.15) is 4.31 Å². The van der Waals surface area contributed by atoms with Gasteiger partial charge in [0.15, 0.2) is 0 Å². The minimum Gasteiger partial charge on any atom is -0.366 e. The van der Waals surface area contributed by atoms with Crippen molar-refractivity contribution in [3.05, 3.63) is 29.3 Å². The molecule has 1 aromatic rings. The second kappa shape index (κ2) is 5.26. The molecule has 0 bridgehead atoms. The first kappa shape index (κ1) is 15.1. The van der Waals surface area contributed by atoms with Crippen LogP contribution in [0.25, 0.3) is 0 Å². The SMILES string of the molecule is Cc1ccc(S(=O)(=O)N2CC(=O)NC(=O)C2)cc1C(N)=O. The summed E-state index contributed by atoms with van der Waals surface area (Å²) in [6, 6.07) is 3.89. The molecule has 3 amide bonds. The molecule has 0 saturated carbocycles. The largest absolute Gasteiger partial charge is 0.366 e. The summed E-state index contributed by atoms with van der Waals surface area (Å²) in [7, 11) is -4.06. The topological polar surface area (TPSA) is 127 Å². The molecule has 1 heterocycles. The van der Waals surface area contributed by atoms with Crippen LogP contribution in [-0.2, 0) is 19.6 Å². The van der Waals surface area contributed by atoms with E-state index in [0.29, 0.717) is 5.56 Å². The van der Waals surface area contributed by atoms with Gasteiger partial charge in [-0.1, -0.05) is 6.07 Å². The molecule has 112 valence electrons. The first-order valence-electron chi connectivity index (χ1n) is 5.95. The van der Waals surface area contributed by atoms with Crippen LogP contribution in [0.5, 0.6) is 0 Å². The van der Waals surface area contributed by atoms with Gasteiger partial charge in [-0.25, -0.2) is 8.42 Å². The zero-order chi connectivity index (χ0) is 15.8. The van der Waals surface area contributed by atoms with E-state index < -0.39 is 40.8 Å². The molecular weight excluding hydrogens is 298 g/mol. The number of benzene rings is 1. The third kappa shape index (κ3) is 2.93. The molecule has 0 aromatic heterocycles. The van der Waals surface area contributed by atoms with Crippen molar-refractivity contribution in [3.63, 3.8) is 0 Å². The van der Waals surface area contributed by atoms with Gasteiger partial charge in [0.25, 0.3) is 0 Å². The number of sulfonamides is 1. The first-order valence-corrected chi connectivity index (χ1v) is 7.39. The highest BCUT2D eigenvalue weighted by Gasteiger charge is 2.33. The Balaban J connectivity index is 2.44. The Morgan fingerprint density at radius 1 is 1.24 bits per heavy atom. The number of carbonyl (C=O) groups excluding carboxylic acids is 3. The number of hydrogen-bond acceptors (Lipinski definition) is 5. The Hall–Kier alpha value is -2.26. The zero-order valence-corrected chi connectivity index (χ0v) is 11.9. The number of nitrogens with one attached hydrogen (secondary N) is 1. The van der Waals surface area contributed by atoms with E-state index >= 15 is 0 Å². The molecule has 0 unspecified atom stereocenters. The zero-order valence-electron chi connectivity index (χ0n) is 11.1. The maximum atomic E-state index is 12.4. The molecule has 1 aromatic carbocycles. The van der Waals surface area contributed by atoms with E-state index in [1.54, 1.807) is 6.92 Å². The maximum absolute atomic E-state index is 12.4. The molecule has 3 N–H and O–H groups in total. The van der Waals surface area contributed by atoms with Crippen LogP contribution in [0.2, 0.25) is 0 Å². The Bertz CT molecular complexity index is 725. The van der Waals surface area contributed by atoms with Crippen molar-refractivity contribution in [1.29, 1.82) is 0 Å². The molecule has 0 atom stereocenters. The third-order valence-electron chi connectivity index (χ3n) is 3.03. The highest BCUT2D eigenvalue weighted by Crippen LogP contribution is 2.20. The van der Waals surface area contributed by atoms with Crippen molar-refractivity contribution >= 4 is 27.7 Å². The average molecular weight is 311 g/mol. The summed E-state index contributed by atoms with van der Waals surface area (Å²) < 4.78 is 25.6. The van der Waals surface area contributed by atoms with E-state index in [1.807, 2.05) is 5.32 Å². The average Bonchev–Trinajstić information content (AvgIpc) is 2.37. The monoisotopic (exact) mass is 311 g/mol. The number of rotatable bonds is 3. The molecule has 21 heavy (non-hydrogen) atoms. The van der Waals surface area contributed by atoms with Crippen molar-refractivity contribution in [2.45, 2.75) is 11.8 Å². The Labute approximate surface area is 121 Å². The molecule has 1 fully saturated rings. The van der Waals surface area contributed by atoms with Gasteiger partial charge in [-0.05, 0) is 24.6 Å². The number of piperazine rings is 1. The number of nitrogens with zero attached hydrogens (tertiary/aromatic N) is 1. The van der Waals surface area contributed by atoms with Crippen LogP contribution >= 0.6 is 0 Å². The van der Waals surface area contributed by atoms with E-state index in [0.717, 1.165) is 10.4 Å². The lowest BCUT2D eigenvalue weighted by molar-refractivity contribution is -0.134. The van der Waals surface area contributed by atoms with Crippen LogP contribution in [0.15, 0.2) is 23.1 Å². The predicted molar refractivity (Wildman–Crippen MR) is 71.6 cm³/mol. The number of aryl methyl sites for hydroxylation is 1. The number of nitrogens with two attached hydrogens (primary N) is 1. The van der Waals surface area contributed by atoms with Crippen molar-refractivity contribution in [1.82, 2.24) is 9.62 Å². The fraction of sp³-hybridized carbons (Fsp3) is 0.250. The summed E-state index contributed by atoms with van der Waals surface area (Å²) in [6.45, 7) is 0.718. The summed E-state index contributed by atoms with van der Waals surface area (Å²) in [5.41, 5.74) is 5.79. The minimum atomic E-state index is -4.06. The lowest BCUT2D eigenvalue weighted by Gasteiger charge is -2.25. The van der Waals surface area contributed by atoms with Gasteiger partial charge in [0, 0.05) is 5.56 Å². The van der Waals surface area contributed by atoms with Gasteiger partial charge in [0.05, 0.1) is 18.0 Å². The number of primary amides is 1. The van der Waals surface area contributed by atoms with Crippen LogP contribution in [0, 0.1) is 6.92 Å². The molecule has 8 nitrogen and oxygen atoms in total. The molecule has 1 aliphatic heterocycles. The number of carbonyl (C=O) groups is 3. The third-order valence-corrected chi connectivity index (χ3v) is 4.82. The summed E-state index contributed by atoms with van der Waals surface area (Å²) in [5, 5.41) is 2.01. The minimum absolute atomic E-state index is 0.0730. The van der Waals surface area contributed by atoms with Gasteiger partial charge in [-0.3, -0.25) is 19.7 Å². The van der Waals surface area contributed by atoms with E-state index in [2.05, 4.69) is 0 Å². The van der Waals surface area contributed by atoms with Crippen molar-refractivity contribution < 1.29 is 22.8 Å². The van der Waals surface area contributed by atoms with Gasteiger partial charge in [-0.15, -0.1) is 0 Å². The van der Waals surface area contributed by atoms with Gasteiger partial charge >= 0.3 is 0 Å². The second-order valence-electron chi connectivity index (χ2n) is 4.59. The summed E-state index contributed by atoms with van der Waals surface area (Å²) >= 11 is 0. The smallest absolute Gasteiger partial charge is 0.249 e. The van der Waals surface area contributed by atoms with Gasteiger partial charge in [0.2, 0.25) is 27.7 Å². The van der Waals surface area contributed by atoms with E-state index in [9.17, 15) is 22.8 Å². The summed E-state index contributed by atoms with van der Waals surface area (Å²) in [6.07, 6.45) is 0. The van der Waals surface area contributed by atoms with Gasteiger partial charge < -0.3 is 5.73 Å². The molecule has 2 rings (SSSR count). The lowest BCUT2D eigenvalue weighted by atomic mass is 10.1. The van der Waals surface area contributed by atoms with Crippen LogP contribution in [0.3, 0.4) is 0 Å². The summed E-state index contributed by atoms with van der Waals surface area (Å²) in [5.74, 6) is -2.15. The van der Waals surface area contributed by atoms with Crippen LogP contribution in [0.1, 0.15) is 15.9 Å². The molecular formula is C12H13N3O5S. The normalized spacial score (nSPS) is 16.6. The van der Waals surface area contributed by atoms with E-state index in [4.69, 9.17) is 5.73 Å². The number of hydrogen-bond donors (Lipinski definition) is 2. The van der Waals surface area contributed by atoms with Crippen molar-refractivity contribution in [2.75, 3.05) is 13.1 Å². The maximum Gasteiger partial charge on any atom is 0.249 e. The fourth-order valence-electron chi connectivity index (χ4n) is 1.96. The van der Waals surface area contributed by atoms with Crippen LogP contribution < -0.4 is 11.1 Å². The summed E-state index contributed by atoms with van der Waals surface area (Å²) in [4.78, 5) is 33.6. The second-order valence-corrected chi connectivity index (χ2v) is 6.52. The highest BCUT2D eigenvalue weighted by molar-refractivity contribution is 7.89. The van der Waals surface area contributed by atoms with Crippen molar-refractivity contribution in [3.8, 4) is 0 Å². The van der Waals surface area contributed by atoms with Gasteiger partial charge in [0.1, 0.15) is 0 Å². The van der Waals surface area contributed by atoms with E-state index in [1.165, 1.54) is 12.1 Å². The van der Waals surface area contributed by atoms with E-state index in [-0.39, 0.29) is 10.5 Å². The number of amides is 3. The van der Waals surface area contributed by atoms with Crippen molar-refractivity contribution in [2.24, 2.45) is 5.73 Å².